The summed E-state index contributed by atoms with van der Waals surface area (Å²) in [6, 6.07) is 0.551. The van der Waals surface area contributed by atoms with Crippen LogP contribution < -0.4 is 0 Å². The quantitative estimate of drug-likeness (QED) is 0.736. The highest BCUT2D eigenvalue weighted by molar-refractivity contribution is 6.16. The normalized spacial score (nSPS) is 23.8. The average molecular weight is 243 g/mol. The molecule has 1 fully saturated rings. The van der Waals surface area contributed by atoms with Crippen molar-refractivity contribution in [1.29, 1.82) is 0 Å². The Hall–Kier alpha value is -0.580. The number of aromatic nitrogens is 2. The van der Waals surface area contributed by atoms with E-state index < -0.39 is 0 Å². The van der Waals surface area contributed by atoms with Gasteiger partial charge >= 0.3 is 0 Å². The topological polar surface area (TPSA) is 24.3 Å². The number of piperazine rings is 1. The van der Waals surface area contributed by atoms with E-state index in [2.05, 4.69) is 33.4 Å². The van der Waals surface area contributed by atoms with Gasteiger partial charge < -0.3 is 9.47 Å². The third-order valence-electron chi connectivity index (χ3n) is 3.32. The highest BCUT2D eigenvalue weighted by Crippen LogP contribution is 2.11. The minimum atomic E-state index is 0.534. The first-order chi connectivity index (χ1) is 7.70. The first-order valence-corrected chi connectivity index (χ1v) is 6.18. The lowest BCUT2D eigenvalue weighted by atomic mass is 10.2. The smallest absolute Gasteiger partial charge is 0.0949 e. The monoisotopic (exact) mass is 242 g/mol. The predicted molar refractivity (Wildman–Crippen MR) is 65.7 cm³/mol. The van der Waals surface area contributed by atoms with Crippen molar-refractivity contribution in [1.82, 2.24) is 19.4 Å². The van der Waals surface area contributed by atoms with E-state index in [1.54, 1.807) is 0 Å². The number of imidazole rings is 1. The van der Waals surface area contributed by atoms with Crippen molar-refractivity contribution >= 4 is 11.6 Å². The zero-order chi connectivity index (χ0) is 11.5. The lowest BCUT2D eigenvalue weighted by Gasteiger charge is -2.38. The molecule has 1 saturated heterocycles. The molecule has 4 nitrogen and oxygen atoms in total. The molecule has 5 heteroatoms. The van der Waals surface area contributed by atoms with Crippen LogP contribution in [-0.2, 0) is 12.4 Å². The van der Waals surface area contributed by atoms with Crippen LogP contribution in [0.3, 0.4) is 0 Å². The summed E-state index contributed by atoms with van der Waals surface area (Å²) in [5.74, 6) is 0.534. The van der Waals surface area contributed by atoms with Gasteiger partial charge in [-0.05, 0) is 14.1 Å². The Morgan fingerprint density at radius 3 is 3.00 bits per heavy atom. The number of hydrogen-bond donors (Lipinski definition) is 0. The van der Waals surface area contributed by atoms with Crippen molar-refractivity contribution in [3.8, 4) is 0 Å². The van der Waals surface area contributed by atoms with Gasteiger partial charge in [0, 0.05) is 38.4 Å². The summed E-state index contributed by atoms with van der Waals surface area (Å²) in [6.45, 7) is 4.37. The van der Waals surface area contributed by atoms with E-state index in [9.17, 15) is 0 Å². The van der Waals surface area contributed by atoms with Crippen LogP contribution in [0.1, 0.15) is 5.69 Å². The summed E-state index contributed by atoms with van der Waals surface area (Å²) in [7, 11) is 4.37. The van der Waals surface area contributed by atoms with Crippen molar-refractivity contribution in [2.75, 3.05) is 33.7 Å². The maximum absolute atomic E-state index is 5.87. The number of halogens is 1. The van der Waals surface area contributed by atoms with Gasteiger partial charge in [0.05, 0.1) is 17.9 Å². The Balaban J connectivity index is 2.02. The van der Waals surface area contributed by atoms with E-state index in [0.717, 1.165) is 31.9 Å². The lowest BCUT2D eigenvalue weighted by Crippen LogP contribution is -2.51. The molecule has 1 aromatic heterocycles. The van der Waals surface area contributed by atoms with E-state index >= 15 is 0 Å². The van der Waals surface area contributed by atoms with Crippen LogP contribution in [0.15, 0.2) is 12.5 Å². The molecule has 2 rings (SSSR count). The van der Waals surface area contributed by atoms with Gasteiger partial charge in [-0.15, -0.1) is 11.6 Å². The molecule has 0 aliphatic carbocycles. The Bertz CT molecular complexity index is 338. The molecule has 1 unspecified atom stereocenters. The first-order valence-electron chi connectivity index (χ1n) is 5.64. The van der Waals surface area contributed by atoms with Crippen LogP contribution in [0.4, 0.5) is 0 Å². The summed E-state index contributed by atoms with van der Waals surface area (Å²) in [5.41, 5.74) is 1.10. The summed E-state index contributed by atoms with van der Waals surface area (Å²) >= 11 is 5.87. The molecular weight excluding hydrogens is 224 g/mol. The molecule has 1 aromatic rings. The zero-order valence-corrected chi connectivity index (χ0v) is 10.7. The van der Waals surface area contributed by atoms with Crippen LogP contribution in [0.25, 0.3) is 0 Å². The Labute approximate surface area is 102 Å². The first kappa shape index (κ1) is 11.9. The van der Waals surface area contributed by atoms with Gasteiger partial charge in [0.25, 0.3) is 0 Å². The number of alkyl halides is 1. The van der Waals surface area contributed by atoms with E-state index in [0.29, 0.717) is 11.9 Å². The van der Waals surface area contributed by atoms with Crippen LogP contribution in [0.5, 0.6) is 0 Å². The summed E-state index contributed by atoms with van der Waals surface area (Å²) in [4.78, 5) is 8.94. The second-order valence-corrected chi connectivity index (χ2v) is 4.83. The zero-order valence-electron chi connectivity index (χ0n) is 9.93. The molecule has 0 amide bonds. The second-order valence-electron chi connectivity index (χ2n) is 4.57. The van der Waals surface area contributed by atoms with Crippen LogP contribution in [0.2, 0.25) is 0 Å². The SMILES string of the molecule is CN1CCN(C)C(Cn2cncc2CCl)C1. The van der Waals surface area contributed by atoms with Crippen LogP contribution >= 0.6 is 11.6 Å². The van der Waals surface area contributed by atoms with Gasteiger partial charge in [-0.3, -0.25) is 4.90 Å². The van der Waals surface area contributed by atoms with Gasteiger partial charge in [0.15, 0.2) is 0 Å². The molecule has 0 N–H and O–H groups in total. The van der Waals surface area contributed by atoms with Gasteiger partial charge in [0.2, 0.25) is 0 Å². The second kappa shape index (κ2) is 5.17. The molecule has 0 spiro atoms. The fourth-order valence-electron chi connectivity index (χ4n) is 2.15. The van der Waals surface area contributed by atoms with Crippen molar-refractivity contribution in [2.24, 2.45) is 0 Å². The van der Waals surface area contributed by atoms with Crippen molar-refractivity contribution in [3.63, 3.8) is 0 Å². The Morgan fingerprint density at radius 1 is 1.44 bits per heavy atom. The highest BCUT2D eigenvalue weighted by Gasteiger charge is 2.22. The molecule has 0 radical (unpaired) electrons. The molecule has 0 bridgehead atoms. The number of nitrogens with zero attached hydrogens (tertiary/aromatic N) is 4. The van der Waals surface area contributed by atoms with E-state index in [1.165, 1.54) is 0 Å². The van der Waals surface area contributed by atoms with Gasteiger partial charge in [-0.1, -0.05) is 0 Å². The van der Waals surface area contributed by atoms with E-state index in [4.69, 9.17) is 11.6 Å². The number of hydrogen-bond acceptors (Lipinski definition) is 3. The lowest BCUT2D eigenvalue weighted by molar-refractivity contribution is 0.103. The minimum Gasteiger partial charge on any atom is -0.332 e. The predicted octanol–water partition coefficient (Wildman–Crippen LogP) is 0.868. The minimum absolute atomic E-state index is 0.534. The molecule has 2 heterocycles. The standard InChI is InChI=1S/C11H19ClN4/c1-14-3-4-15(2)11(7-14)8-16-9-13-6-10(16)5-12/h6,9,11H,3-5,7-8H2,1-2H3. The molecule has 0 aromatic carbocycles. The summed E-state index contributed by atoms with van der Waals surface area (Å²) in [5, 5.41) is 0. The van der Waals surface area contributed by atoms with Gasteiger partial charge in [0.1, 0.15) is 0 Å². The molecule has 1 aliphatic rings. The fraction of sp³-hybridized carbons (Fsp3) is 0.727. The van der Waals surface area contributed by atoms with Crippen LogP contribution in [0, 0.1) is 0 Å². The number of likely N-dealkylation sites (N-methyl/N-ethyl adjacent to an activating group) is 2. The molecule has 90 valence electrons. The molecule has 1 atom stereocenters. The summed E-state index contributed by atoms with van der Waals surface area (Å²) in [6.07, 6.45) is 3.72. The molecule has 0 saturated carbocycles. The summed E-state index contributed by atoms with van der Waals surface area (Å²) < 4.78 is 2.16. The molecule has 1 aliphatic heterocycles. The molecule has 16 heavy (non-hydrogen) atoms. The largest absolute Gasteiger partial charge is 0.332 e. The van der Waals surface area contributed by atoms with Gasteiger partial charge in [-0.2, -0.15) is 0 Å². The Kier molecular flexibility index (Phi) is 3.84. The van der Waals surface area contributed by atoms with Crippen LogP contribution in [-0.4, -0.2) is 59.1 Å². The third kappa shape index (κ3) is 2.56. The number of rotatable bonds is 3. The highest BCUT2D eigenvalue weighted by atomic mass is 35.5. The fourth-order valence-corrected chi connectivity index (χ4v) is 2.37. The van der Waals surface area contributed by atoms with Crippen molar-refractivity contribution < 1.29 is 0 Å². The molecular formula is C11H19ClN4. The van der Waals surface area contributed by atoms with E-state index in [1.807, 2.05) is 12.5 Å². The van der Waals surface area contributed by atoms with E-state index in [-0.39, 0.29) is 0 Å². The average Bonchev–Trinajstić information content (AvgIpc) is 2.71. The van der Waals surface area contributed by atoms with Crippen molar-refractivity contribution in [2.45, 2.75) is 18.5 Å². The Morgan fingerprint density at radius 2 is 2.25 bits per heavy atom. The maximum atomic E-state index is 5.87. The third-order valence-corrected chi connectivity index (χ3v) is 3.60. The van der Waals surface area contributed by atoms with Gasteiger partial charge in [-0.25, -0.2) is 4.98 Å². The van der Waals surface area contributed by atoms with Crippen molar-refractivity contribution in [3.05, 3.63) is 18.2 Å². The maximum Gasteiger partial charge on any atom is 0.0949 e.